The van der Waals surface area contributed by atoms with Gasteiger partial charge < -0.3 is 0 Å². The predicted octanol–water partition coefficient (Wildman–Crippen LogP) is 4.14. The van der Waals surface area contributed by atoms with Gasteiger partial charge in [-0.1, -0.05) is 50.3 Å². The average Bonchev–Trinajstić information content (AvgIpc) is 2.15. The highest BCUT2D eigenvalue weighted by molar-refractivity contribution is 5.65. The first-order valence-electron chi connectivity index (χ1n) is 4.94. The molecule has 0 saturated heterocycles. The van der Waals surface area contributed by atoms with Crippen molar-refractivity contribution >= 4 is 5.57 Å². The average molecular weight is 174 g/mol. The molecule has 0 bridgehead atoms. The number of hydrogen-bond acceptors (Lipinski definition) is 0. The quantitative estimate of drug-likeness (QED) is 0.646. The molecule has 0 aliphatic rings. The summed E-state index contributed by atoms with van der Waals surface area (Å²) in [5.41, 5.74) is 2.81. The Morgan fingerprint density at radius 2 is 1.85 bits per heavy atom. The van der Waals surface area contributed by atoms with Crippen molar-refractivity contribution in [2.24, 2.45) is 5.92 Å². The van der Waals surface area contributed by atoms with Crippen LogP contribution in [-0.4, -0.2) is 0 Å². The molecule has 0 N–H and O–H groups in total. The van der Waals surface area contributed by atoms with Gasteiger partial charge in [0.15, 0.2) is 0 Å². The van der Waals surface area contributed by atoms with E-state index < -0.39 is 0 Å². The molecule has 0 atom stereocenters. The van der Waals surface area contributed by atoms with Crippen LogP contribution in [0, 0.1) is 5.92 Å². The largest absolute Gasteiger partial charge is 0.0838 e. The van der Waals surface area contributed by atoms with Crippen molar-refractivity contribution in [2.75, 3.05) is 0 Å². The molecule has 70 valence electrons. The molecule has 1 aromatic carbocycles. The Labute approximate surface area is 81.3 Å². The Kier molecular flexibility index (Phi) is 3.75. The van der Waals surface area contributed by atoms with Crippen molar-refractivity contribution in [3.63, 3.8) is 0 Å². The lowest BCUT2D eigenvalue weighted by Crippen LogP contribution is -1.91. The second-order valence-corrected chi connectivity index (χ2v) is 3.78. The number of rotatable bonds is 3. The first-order valence-corrected chi connectivity index (χ1v) is 4.94. The number of hydrogen-bond donors (Lipinski definition) is 0. The monoisotopic (exact) mass is 174 g/mol. The summed E-state index contributed by atoms with van der Waals surface area (Å²) < 4.78 is 0. The predicted molar refractivity (Wildman–Crippen MR) is 59.5 cm³/mol. The first-order chi connectivity index (χ1) is 6.24. The van der Waals surface area contributed by atoms with Crippen LogP contribution in [-0.2, 0) is 0 Å². The normalized spacial score (nSPS) is 12.2. The zero-order chi connectivity index (χ0) is 9.68. The van der Waals surface area contributed by atoms with Gasteiger partial charge in [0.1, 0.15) is 0 Å². The van der Waals surface area contributed by atoms with Gasteiger partial charge >= 0.3 is 0 Å². The first kappa shape index (κ1) is 10.0. The van der Waals surface area contributed by atoms with E-state index in [0.717, 1.165) is 5.92 Å². The van der Waals surface area contributed by atoms with Gasteiger partial charge in [-0.15, -0.1) is 0 Å². The van der Waals surface area contributed by atoms with E-state index in [1.54, 1.807) is 0 Å². The highest BCUT2D eigenvalue weighted by Crippen LogP contribution is 2.21. The second kappa shape index (κ2) is 4.86. The summed E-state index contributed by atoms with van der Waals surface area (Å²) in [5, 5.41) is 0. The molecule has 0 aliphatic carbocycles. The van der Waals surface area contributed by atoms with Crippen molar-refractivity contribution in [2.45, 2.75) is 27.2 Å². The molecule has 0 unspecified atom stereocenters. The van der Waals surface area contributed by atoms with Crippen molar-refractivity contribution in [3.8, 4) is 0 Å². The van der Waals surface area contributed by atoms with Crippen LogP contribution in [0.2, 0.25) is 0 Å². The molecule has 1 aromatic rings. The van der Waals surface area contributed by atoms with E-state index in [1.165, 1.54) is 17.6 Å². The molecule has 0 amide bonds. The van der Waals surface area contributed by atoms with Crippen LogP contribution >= 0.6 is 0 Å². The van der Waals surface area contributed by atoms with E-state index >= 15 is 0 Å². The van der Waals surface area contributed by atoms with E-state index in [2.05, 4.69) is 57.2 Å². The van der Waals surface area contributed by atoms with Crippen LogP contribution in [0.4, 0.5) is 0 Å². The van der Waals surface area contributed by atoms with Crippen molar-refractivity contribution in [3.05, 3.63) is 42.0 Å². The fourth-order valence-electron chi connectivity index (χ4n) is 1.49. The molecule has 13 heavy (non-hydrogen) atoms. The van der Waals surface area contributed by atoms with E-state index in [-0.39, 0.29) is 0 Å². The Balaban J connectivity index is 2.80. The SMILES string of the molecule is C/C=C(\CC(C)C)c1ccccc1. The summed E-state index contributed by atoms with van der Waals surface area (Å²) in [4.78, 5) is 0. The molecule has 0 saturated carbocycles. The summed E-state index contributed by atoms with van der Waals surface area (Å²) in [5.74, 6) is 0.728. The Bertz CT molecular complexity index is 267. The minimum absolute atomic E-state index is 0.728. The third-order valence-electron chi connectivity index (χ3n) is 2.12. The smallest absolute Gasteiger partial charge is 0.0228 e. The highest BCUT2D eigenvalue weighted by atomic mass is 14.1. The maximum atomic E-state index is 2.26. The van der Waals surface area contributed by atoms with Gasteiger partial charge in [0.25, 0.3) is 0 Å². The number of allylic oxidation sites excluding steroid dienone is 2. The summed E-state index contributed by atoms with van der Waals surface area (Å²) in [6.45, 7) is 6.63. The van der Waals surface area contributed by atoms with E-state index in [1.807, 2.05) is 0 Å². The van der Waals surface area contributed by atoms with E-state index in [4.69, 9.17) is 0 Å². The summed E-state index contributed by atoms with van der Waals surface area (Å²) in [7, 11) is 0. The lowest BCUT2D eigenvalue weighted by atomic mass is 9.96. The highest BCUT2D eigenvalue weighted by Gasteiger charge is 2.01. The second-order valence-electron chi connectivity index (χ2n) is 3.78. The lowest BCUT2D eigenvalue weighted by molar-refractivity contribution is 0.673. The minimum atomic E-state index is 0.728. The van der Waals surface area contributed by atoms with E-state index in [0.29, 0.717) is 0 Å². The Morgan fingerprint density at radius 1 is 1.23 bits per heavy atom. The van der Waals surface area contributed by atoms with Crippen LogP contribution in [0.3, 0.4) is 0 Å². The Hall–Kier alpha value is -1.04. The molecular formula is C13H18. The molecule has 0 aliphatic heterocycles. The topological polar surface area (TPSA) is 0 Å². The molecule has 0 heteroatoms. The zero-order valence-corrected chi connectivity index (χ0v) is 8.75. The van der Waals surface area contributed by atoms with Crippen LogP contribution in [0.5, 0.6) is 0 Å². The maximum absolute atomic E-state index is 2.26. The fraction of sp³-hybridized carbons (Fsp3) is 0.385. The zero-order valence-electron chi connectivity index (χ0n) is 8.75. The van der Waals surface area contributed by atoms with Gasteiger partial charge in [-0.2, -0.15) is 0 Å². The minimum Gasteiger partial charge on any atom is -0.0838 e. The van der Waals surface area contributed by atoms with Crippen LogP contribution in [0.25, 0.3) is 5.57 Å². The molecule has 0 spiro atoms. The Morgan fingerprint density at radius 3 is 2.31 bits per heavy atom. The fourth-order valence-corrected chi connectivity index (χ4v) is 1.49. The summed E-state index contributed by atoms with van der Waals surface area (Å²) >= 11 is 0. The molecular weight excluding hydrogens is 156 g/mol. The van der Waals surface area contributed by atoms with Crippen molar-refractivity contribution in [1.29, 1.82) is 0 Å². The van der Waals surface area contributed by atoms with Crippen LogP contribution in [0.1, 0.15) is 32.8 Å². The molecule has 0 fully saturated rings. The van der Waals surface area contributed by atoms with Gasteiger partial charge in [-0.25, -0.2) is 0 Å². The summed E-state index contributed by atoms with van der Waals surface area (Å²) in [6.07, 6.45) is 3.38. The molecule has 0 nitrogen and oxygen atoms in total. The van der Waals surface area contributed by atoms with Crippen molar-refractivity contribution < 1.29 is 0 Å². The van der Waals surface area contributed by atoms with Crippen LogP contribution < -0.4 is 0 Å². The third-order valence-corrected chi connectivity index (χ3v) is 2.12. The maximum Gasteiger partial charge on any atom is -0.0228 e. The van der Waals surface area contributed by atoms with Gasteiger partial charge in [0, 0.05) is 0 Å². The van der Waals surface area contributed by atoms with Gasteiger partial charge in [0.2, 0.25) is 0 Å². The van der Waals surface area contributed by atoms with Crippen LogP contribution in [0.15, 0.2) is 36.4 Å². The lowest BCUT2D eigenvalue weighted by Gasteiger charge is -2.09. The third kappa shape index (κ3) is 3.06. The van der Waals surface area contributed by atoms with Gasteiger partial charge in [-0.3, -0.25) is 0 Å². The van der Waals surface area contributed by atoms with Gasteiger partial charge in [-0.05, 0) is 30.4 Å². The number of benzene rings is 1. The van der Waals surface area contributed by atoms with Crippen molar-refractivity contribution in [1.82, 2.24) is 0 Å². The molecule has 0 radical (unpaired) electrons. The molecule has 1 rings (SSSR count). The summed E-state index contributed by atoms with van der Waals surface area (Å²) in [6, 6.07) is 10.6. The molecule has 0 aromatic heterocycles. The molecule has 0 heterocycles. The van der Waals surface area contributed by atoms with Gasteiger partial charge in [0.05, 0.1) is 0 Å². The van der Waals surface area contributed by atoms with E-state index in [9.17, 15) is 0 Å². The standard InChI is InChI=1S/C13H18/c1-4-12(10-11(2)3)13-8-6-5-7-9-13/h4-9,11H,10H2,1-3H3/b12-4+.